The van der Waals surface area contributed by atoms with E-state index in [1.165, 1.54) is 0 Å². The second-order valence-corrected chi connectivity index (χ2v) is 3.07. The summed E-state index contributed by atoms with van der Waals surface area (Å²) in [5, 5.41) is 0. The number of hydrogen-bond donors (Lipinski definition) is 1. The molecule has 2 heteroatoms. The van der Waals surface area contributed by atoms with E-state index in [1.54, 1.807) is 0 Å². The predicted octanol–water partition coefficient (Wildman–Crippen LogP) is 1.59. The summed E-state index contributed by atoms with van der Waals surface area (Å²) in [7, 11) is 0. The van der Waals surface area contributed by atoms with Gasteiger partial charge in [0, 0.05) is 0 Å². The summed E-state index contributed by atoms with van der Waals surface area (Å²) in [6.45, 7) is 7.01. The first-order valence-electron chi connectivity index (χ1n) is 3.86. The first-order chi connectivity index (χ1) is 4.62. The van der Waals surface area contributed by atoms with Crippen molar-refractivity contribution < 1.29 is 0 Å². The minimum atomic E-state index is 0.0464. The van der Waals surface area contributed by atoms with Crippen molar-refractivity contribution in [2.24, 2.45) is 10.7 Å². The molecule has 0 radical (unpaired) electrons. The fourth-order valence-corrected chi connectivity index (χ4v) is 0.756. The highest BCUT2D eigenvalue weighted by Crippen LogP contribution is 2.11. The summed E-state index contributed by atoms with van der Waals surface area (Å²) >= 11 is 0. The molecule has 0 saturated heterocycles. The van der Waals surface area contributed by atoms with Crippen LogP contribution in [-0.2, 0) is 0 Å². The molecule has 0 aromatic carbocycles. The first kappa shape index (κ1) is 9.63. The Hall–Kier alpha value is -0.370. The van der Waals surface area contributed by atoms with Gasteiger partial charge in [-0.2, -0.15) is 0 Å². The first-order valence-corrected chi connectivity index (χ1v) is 3.86. The van der Waals surface area contributed by atoms with E-state index in [0.717, 1.165) is 12.8 Å². The molecule has 60 valence electrons. The maximum Gasteiger partial charge on any atom is 0.0560 e. The Morgan fingerprint density at radius 1 is 1.50 bits per heavy atom. The van der Waals surface area contributed by atoms with Crippen molar-refractivity contribution in [1.82, 2.24) is 0 Å². The molecule has 0 amide bonds. The zero-order valence-corrected chi connectivity index (χ0v) is 7.22. The van der Waals surface area contributed by atoms with E-state index in [4.69, 9.17) is 5.73 Å². The molecule has 0 spiro atoms. The SMILES string of the molecule is CCC=NC(C)(C)CCN. The van der Waals surface area contributed by atoms with Crippen molar-refractivity contribution in [1.29, 1.82) is 0 Å². The van der Waals surface area contributed by atoms with Gasteiger partial charge in [-0.15, -0.1) is 0 Å². The van der Waals surface area contributed by atoms with Gasteiger partial charge in [0.25, 0.3) is 0 Å². The quantitative estimate of drug-likeness (QED) is 0.595. The summed E-state index contributed by atoms with van der Waals surface area (Å²) in [6.07, 6.45) is 3.92. The van der Waals surface area contributed by atoms with E-state index in [-0.39, 0.29) is 5.54 Å². The molecule has 0 aliphatic carbocycles. The molecule has 2 N–H and O–H groups in total. The predicted molar refractivity (Wildman–Crippen MR) is 46.5 cm³/mol. The van der Waals surface area contributed by atoms with Gasteiger partial charge in [-0.3, -0.25) is 4.99 Å². The van der Waals surface area contributed by atoms with Gasteiger partial charge in [0.15, 0.2) is 0 Å². The highest BCUT2D eigenvalue weighted by atomic mass is 14.8. The molecule has 0 aromatic rings. The van der Waals surface area contributed by atoms with Gasteiger partial charge in [0.05, 0.1) is 5.54 Å². The van der Waals surface area contributed by atoms with Crippen LogP contribution in [0.1, 0.15) is 33.6 Å². The molecule has 0 atom stereocenters. The van der Waals surface area contributed by atoms with Crippen molar-refractivity contribution >= 4 is 6.21 Å². The van der Waals surface area contributed by atoms with Crippen molar-refractivity contribution in [3.05, 3.63) is 0 Å². The van der Waals surface area contributed by atoms with Gasteiger partial charge in [-0.05, 0) is 39.4 Å². The number of rotatable bonds is 4. The lowest BCUT2D eigenvalue weighted by Crippen LogP contribution is -2.21. The topological polar surface area (TPSA) is 38.4 Å². The van der Waals surface area contributed by atoms with E-state index in [0.29, 0.717) is 6.54 Å². The monoisotopic (exact) mass is 142 g/mol. The van der Waals surface area contributed by atoms with Crippen LogP contribution in [0.15, 0.2) is 4.99 Å². The van der Waals surface area contributed by atoms with Crippen molar-refractivity contribution in [3.63, 3.8) is 0 Å². The fraction of sp³-hybridized carbons (Fsp3) is 0.875. The molecule has 0 aliphatic heterocycles. The molecule has 0 fully saturated rings. The second kappa shape index (κ2) is 4.45. The van der Waals surface area contributed by atoms with Crippen LogP contribution in [0.25, 0.3) is 0 Å². The minimum Gasteiger partial charge on any atom is -0.330 e. The molecule has 2 nitrogen and oxygen atoms in total. The van der Waals surface area contributed by atoms with Crippen LogP contribution in [0.5, 0.6) is 0 Å². The summed E-state index contributed by atoms with van der Waals surface area (Å²) in [4.78, 5) is 4.36. The molecule has 10 heavy (non-hydrogen) atoms. The van der Waals surface area contributed by atoms with E-state index in [2.05, 4.69) is 25.8 Å². The Labute approximate surface area is 63.5 Å². The summed E-state index contributed by atoms with van der Waals surface area (Å²) in [6, 6.07) is 0. The van der Waals surface area contributed by atoms with Crippen LogP contribution in [-0.4, -0.2) is 18.3 Å². The highest BCUT2D eigenvalue weighted by molar-refractivity contribution is 5.57. The third-order valence-corrected chi connectivity index (χ3v) is 1.38. The van der Waals surface area contributed by atoms with Crippen LogP contribution in [0.4, 0.5) is 0 Å². The van der Waals surface area contributed by atoms with E-state index >= 15 is 0 Å². The maximum atomic E-state index is 5.41. The lowest BCUT2D eigenvalue weighted by Gasteiger charge is -2.17. The molecule has 0 saturated carbocycles. The van der Waals surface area contributed by atoms with Crippen LogP contribution in [0, 0.1) is 0 Å². The fourth-order valence-electron chi connectivity index (χ4n) is 0.756. The van der Waals surface area contributed by atoms with Crippen molar-refractivity contribution in [2.45, 2.75) is 39.2 Å². The molecule has 0 aromatic heterocycles. The van der Waals surface area contributed by atoms with Crippen LogP contribution < -0.4 is 5.73 Å². The van der Waals surface area contributed by atoms with Gasteiger partial charge in [-0.25, -0.2) is 0 Å². The van der Waals surface area contributed by atoms with Crippen molar-refractivity contribution in [2.75, 3.05) is 6.54 Å². The average molecular weight is 142 g/mol. The van der Waals surface area contributed by atoms with Gasteiger partial charge < -0.3 is 5.73 Å². The number of hydrogen-bond acceptors (Lipinski definition) is 2. The largest absolute Gasteiger partial charge is 0.330 e. The van der Waals surface area contributed by atoms with Gasteiger partial charge in [0.1, 0.15) is 0 Å². The van der Waals surface area contributed by atoms with Gasteiger partial charge in [0.2, 0.25) is 0 Å². The molecular weight excluding hydrogens is 124 g/mol. The molecule has 0 rings (SSSR count). The normalized spacial score (nSPS) is 12.8. The zero-order chi connectivity index (χ0) is 8.04. The Bertz CT molecular complexity index is 106. The summed E-state index contributed by atoms with van der Waals surface area (Å²) in [5.74, 6) is 0. The van der Waals surface area contributed by atoms with Crippen LogP contribution in [0.2, 0.25) is 0 Å². The zero-order valence-electron chi connectivity index (χ0n) is 7.22. The maximum absolute atomic E-state index is 5.41. The third kappa shape index (κ3) is 4.50. The van der Waals surface area contributed by atoms with Gasteiger partial charge in [-0.1, -0.05) is 6.92 Å². The Morgan fingerprint density at radius 3 is 2.50 bits per heavy atom. The van der Waals surface area contributed by atoms with Crippen molar-refractivity contribution in [3.8, 4) is 0 Å². The molecule has 0 unspecified atom stereocenters. The lowest BCUT2D eigenvalue weighted by molar-refractivity contribution is 0.489. The van der Waals surface area contributed by atoms with Gasteiger partial charge >= 0.3 is 0 Å². The standard InChI is InChI=1S/C8H18N2/c1-4-7-10-8(2,3)5-6-9/h7H,4-6,9H2,1-3H3. The highest BCUT2D eigenvalue weighted by Gasteiger charge is 2.12. The summed E-state index contributed by atoms with van der Waals surface area (Å²) in [5.41, 5.74) is 5.46. The second-order valence-electron chi connectivity index (χ2n) is 3.07. The third-order valence-electron chi connectivity index (χ3n) is 1.38. The lowest BCUT2D eigenvalue weighted by atomic mass is 10.0. The minimum absolute atomic E-state index is 0.0464. The van der Waals surface area contributed by atoms with E-state index < -0.39 is 0 Å². The smallest absolute Gasteiger partial charge is 0.0560 e. The Morgan fingerprint density at radius 2 is 2.10 bits per heavy atom. The molecular formula is C8H18N2. The average Bonchev–Trinajstić information content (AvgIpc) is 1.84. The Balaban J connectivity index is 3.73. The molecule has 0 aliphatic rings. The van der Waals surface area contributed by atoms with Crippen LogP contribution >= 0.6 is 0 Å². The molecule has 0 bridgehead atoms. The van der Waals surface area contributed by atoms with E-state index in [1.807, 2.05) is 6.21 Å². The van der Waals surface area contributed by atoms with E-state index in [9.17, 15) is 0 Å². The number of nitrogens with two attached hydrogens (primary N) is 1. The van der Waals surface area contributed by atoms with Crippen LogP contribution in [0.3, 0.4) is 0 Å². The number of aliphatic imine (C=N–C) groups is 1. The summed E-state index contributed by atoms with van der Waals surface area (Å²) < 4.78 is 0. The molecule has 0 heterocycles. The Kier molecular flexibility index (Phi) is 4.28. The number of nitrogens with zero attached hydrogens (tertiary/aromatic N) is 1.